The van der Waals surface area contributed by atoms with Crippen molar-refractivity contribution in [3.8, 4) is 0 Å². The molecule has 0 spiro atoms. The average Bonchev–Trinajstić information content (AvgIpc) is 2.24. The van der Waals surface area contributed by atoms with Crippen molar-refractivity contribution in [2.45, 2.75) is 26.6 Å². The summed E-state index contributed by atoms with van der Waals surface area (Å²) in [6.45, 7) is 5.15. The van der Waals surface area contributed by atoms with Gasteiger partial charge in [-0.2, -0.15) is 11.8 Å². The van der Waals surface area contributed by atoms with Crippen molar-refractivity contribution in [3.05, 3.63) is 0 Å². The van der Waals surface area contributed by atoms with E-state index in [9.17, 15) is 4.79 Å². The molecule has 15 heavy (non-hydrogen) atoms. The van der Waals surface area contributed by atoms with Crippen molar-refractivity contribution in [2.24, 2.45) is 0 Å². The smallest absolute Gasteiger partial charge is 0.306 e. The highest BCUT2D eigenvalue weighted by Gasteiger charge is 2.08. The molecule has 0 saturated heterocycles. The Bertz CT molecular complexity index is 158. The predicted molar refractivity (Wildman–Crippen MR) is 61.0 cm³/mol. The van der Waals surface area contributed by atoms with Crippen LogP contribution in [-0.2, 0) is 19.0 Å². The van der Waals surface area contributed by atoms with Crippen LogP contribution in [0.4, 0.5) is 0 Å². The molecule has 0 N–H and O–H groups in total. The van der Waals surface area contributed by atoms with Gasteiger partial charge in [-0.3, -0.25) is 4.79 Å². The Hall–Kier alpha value is -0.260. The third kappa shape index (κ3) is 8.72. The van der Waals surface area contributed by atoms with Gasteiger partial charge in [-0.1, -0.05) is 0 Å². The molecular formula is C10H20O4S. The highest BCUT2D eigenvalue weighted by molar-refractivity contribution is 7.99. The Morgan fingerprint density at radius 2 is 1.87 bits per heavy atom. The Morgan fingerprint density at radius 1 is 1.27 bits per heavy atom. The first-order valence-corrected chi connectivity index (χ1v) is 6.27. The van der Waals surface area contributed by atoms with Gasteiger partial charge in [-0.05, 0) is 13.8 Å². The monoisotopic (exact) mass is 236 g/mol. The number of hydrogen-bond donors (Lipinski definition) is 0. The van der Waals surface area contributed by atoms with Gasteiger partial charge < -0.3 is 14.2 Å². The molecule has 0 atom stereocenters. The molecule has 0 aromatic carbocycles. The normalized spacial score (nSPS) is 10.7. The molecule has 5 heteroatoms. The van der Waals surface area contributed by atoms with Crippen molar-refractivity contribution in [1.82, 2.24) is 0 Å². The van der Waals surface area contributed by atoms with Gasteiger partial charge in [0.2, 0.25) is 0 Å². The summed E-state index contributed by atoms with van der Waals surface area (Å²) in [4.78, 5) is 10.8. The average molecular weight is 236 g/mol. The zero-order valence-corrected chi connectivity index (χ0v) is 10.5. The Morgan fingerprint density at radius 3 is 2.33 bits per heavy atom. The summed E-state index contributed by atoms with van der Waals surface area (Å²) >= 11 is 1.63. The number of hydrogen-bond acceptors (Lipinski definition) is 5. The van der Waals surface area contributed by atoms with Gasteiger partial charge >= 0.3 is 5.97 Å². The summed E-state index contributed by atoms with van der Waals surface area (Å²) < 4.78 is 15.3. The van der Waals surface area contributed by atoms with Crippen LogP contribution in [-0.4, -0.2) is 44.1 Å². The third-order valence-electron chi connectivity index (χ3n) is 1.64. The SMILES string of the molecule is CCOC(CSCCC(=O)OC)OCC. The molecule has 90 valence electrons. The molecule has 0 fully saturated rings. The Balaban J connectivity index is 3.48. The van der Waals surface area contributed by atoms with Crippen molar-refractivity contribution >= 4 is 17.7 Å². The lowest BCUT2D eigenvalue weighted by Crippen LogP contribution is -2.20. The number of thioether (sulfide) groups is 1. The molecule has 0 aromatic rings. The van der Waals surface area contributed by atoms with Crippen LogP contribution in [0.3, 0.4) is 0 Å². The number of carbonyl (C=O) groups excluding carboxylic acids is 1. The van der Waals surface area contributed by atoms with E-state index in [-0.39, 0.29) is 12.3 Å². The molecule has 0 heterocycles. The van der Waals surface area contributed by atoms with Gasteiger partial charge in [0.25, 0.3) is 0 Å². The van der Waals surface area contributed by atoms with E-state index in [0.717, 1.165) is 11.5 Å². The van der Waals surface area contributed by atoms with Crippen LogP contribution < -0.4 is 0 Å². The van der Waals surface area contributed by atoms with Crippen LogP contribution in [0.15, 0.2) is 0 Å². The van der Waals surface area contributed by atoms with Gasteiger partial charge in [0.05, 0.1) is 13.5 Å². The van der Waals surface area contributed by atoms with Gasteiger partial charge in [0.15, 0.2) is 6.29 Å². The summed E-state index contributed by atoms with van der Waals surface area (Å²) in [6.07, 6.45) is 0.272. The van der Waals surface area contributed by atoms with E-state index in [1.165, 1.54) is 7.11 Å². The number of carbonyl (C=O) groups is 1. The minimum atomic E-state index is -0.174. The Labute approximate surface area is 95.6 Å². The fraction of sp³-hybridized carbons (Fsp3) is 0.900. The second kappa shape index (κ2) is 10.3. The molecule has 0 aliphatic heterocycles. The predicted octanol–water partition coefficient (Wildman–Crippen LogP) is 1.68. The maximum absolute atomic E-state index is 10.8. The second-order valence-corrected chi connectivity index (χ2v) is 3.89. The first-order valence-electron chi connectivity index (χ1n) is 5.12. The number of ether oxygens (including phenoxy) is 3. The summed E-state index contributed by atoms with van der Waals surface area (Å²) in [5, 5.41) is 0. The molecule has 0 aliphatic carbocycles. The minimum absolute atomic E-state index is 0.164. The van der Waals surface area contributed by atoms with E-state index in [1.54, 1.807) is 11.8 Å². The van der Waals surface area contributed by atoms with Crippen LogP contribution >= 0.6 is 11.8 Å². The fourth-order valence-electron chi connectivity index (χ4n) is 0.953. The van der Waals surface area contributed by atoms with Gasteiger partial charge in [0, 0.05) is 24.7 Å². The van der Waals surface area contributed by atoms with Crippen molar-refractivity contribution in [2.75, 3.05) is 31.8 Å². The lowest BCUT2D eigenvalue weighted by molar-refractivity contribution is -0.140. The molecule has 0 radical (unpaired) electrons. The van der Waals surface area contributed by atoms with E-state index in [1.807, 2.05) is 13.8 Å². The zero-order chi connectivity index (χ0) is 11.5. The maximum atomic E-state index is 10.8. The fourth-order valence-corrected chi connectivity index (χ4v) is 1.82. The molecule has 0 bridgehead atoms. The quantitative estimate of drug-likeness (QED) is 0.346. The number of esters is 1. The first-order chi connectivity index (χ1) is 7.24. The van der Waals surface area contributed by atoms with E-state index < -0.39 is 0 Å². The molecular weight excluding hydrogens is 216 g/mol. The van der Waals surface area contributed by atoms with Crippen molar-refractivity contribution < 1.29 is 19.0 Å². The van der Waals surface area contributed by atoms with Crippen LogP contribution in [0.1, 0.15) is 20.3 Å². The summed E-state index contributed by atoms with van der Waals surface area (Å²) in [5.41, 5.74) is 0. The first kappa shape index (κ1) is 14.7. The lowest BCUT2D eigenvalue weighted by atomic mass is 10.5. The van der Waals surface area contributed by atoms with Crippen molar-refractivity contribution in [1.29, 1.82) is 0 Å². The molecule has 0 rings (SSSR count). The standard InChI is InChI=1S/C10H20O4S/c1-4-13-10(14-5-2)8-15-7-6-9(11)12-3/h10H,4-8H2,1-3H3. The number of rotatable bonds is 9. The summed E-state index contributed by atoms with van der Waals surface area (Å²) in [6, 6.07) is 0. The second-order valence-electron chi connectivity index (χ2n) is 2.74. The zero-order valence-electron chi connectivity index (χ0n) is 9.65. The molecule has 0 unspecified atom stereocenters. The molecule has 0 amide bonds. The molecule has 0 saturated carbocycles. The molecule has 4 nitrogen and oxygen atoms in total. The van der Waals surface area contributed by atoms with Crippen molar-refractivity contribution in [3.63, 3.8) is 0 Å². The highest BCUT2D eigenvalue weighted by Crippen LogP contribution is 2.09. The van der Waals surface area contributed by atoms with Crippen LogP contribution in [0.25, 0.3) is 0 Å². The van der Waals surface area contributed by atoms with Crippen LogP contribution in [0.5, 0.6) is 0 Å². The Kier molecular flexibility index (Phi) is 10.1. The minimum Gasteiger partial charge on any atom is -0.469 e. The van der Waals surface area contributed by atoms with E-state index in [2.05, 4.69) is 4.74 Å². The third-order valence-corrected chi connectivity index (χ3v) is 2.64. The highest BCUT2D eigenvalue weighted by atomic mass is 32.2. The molecule has 0 aliphatic rings. The van der Waals surface area contributed by atoms with Crippen LogP contribution in [0, 0.1) is 0 Å². The largest absolute Gasteiger partial charge is 0.469 e. The van der Waals surface area contributed by atoms with Gasteiger partial charge in [0.1, 0.15) is 0 Å². The van der Waals surface area contributed by atoms with Gasteiger partial charge in [-0.25, -0.2) is 0 Å². The number of methoxy groups -OCH3 is 1. The van der Waals surface area contributed by atoms with Crippen LogP contribution in [0.2, 0.25) is 0 Å². The maximum Gasteiger partial charge on any atom is 0.306 e. The van der Waals surface area contributed by atoms with E-state index >= 15 is 0 Å². The molecule has 0 aromatic heterocycles. The van der Waals surface area contributed by atoms with Gasteiger partial charge in [-0.15, -0.1) is 0 Å². The lowest BCUT2D eigenvalue weighted by Gasteiger charge is -2.15. The van der Waals surface area contributed by atoms with E-state index in [4.69, 9.17) is 9.47 Å². The summed E-state index contributed by atoms with van der Waals surface area (Å²) in [7, 11) is 1.40. The van der Waals surface area contributed by atoms with E-state index in [0.29, 0.717) is 19.6 Å². The summed E-state index contributed by atoms with van der Waals surface area (Å²) in [5.74, 6) is 1.31. The topological polar surface area (TPSA) is 44.8 Å².